The number of rotatable bonds is 39. The highest BCUT2D eigenvalue weighted by atomic mass is 16.5. The first-order valence-electron chi connectivity index (χ1n) is 21.3. The lowest BCUT2D eigenvalue weighted by Gasteiger charge is -2.06. The zero-order valence-electron chi connectivity index (χ0n) is 31.8. The summed E-state index contributed by atoms with van der Waals surface area (Å²) in [4.78, 5) is 12.0. The van der Waals surface area contributed by atoms with Crippen molar-refractivity contribution < 1.29 is 9.53 Å². The number of hydrogen-bond donors (Lipinski definition) is 0. The van der Waals surface area contributed by atoms with E-state index in [9.17, 15) is 4.79 Å². The van der Waals surface area contributed by atoms with Crippen LogP contribution in [0.15, 0.2) is 24.3 Å². The van der Waals surface area contributed by atoms with Gasteiger partial charge in [0.05, 0.1) is 6.61 Å². The van der Waals surface area contributed by atoms with Crippen molar-refractivity contribution in [3.63, 3.8) is 0 Å². The minimum atomic E-state index is 0.0225. The largest absolute Gasteiger partial charge is 0.466 e. The van der Waals surface area contributed by atoms with Gasteiger partial charge in [-0.25, -0.2) is 0 Å². The second-order valence-electron chi connectivity index (χ2n) is 14.3. The van der Waals surface area contributed by atoms with Crippen molar-refractivity contribution in [1.29, 1.82) is 0 Å². The summed E-state index contributed by atoms with van der Waals surface area (Å²) in [5.41, 5.74) is 0. The molecule has 0 saturated carbocycles. The summed E-state index contributed by atoms with van der Waals surface area (Å²) < 4.78 is 5.47. The Balaban J connectivity index is 3.20. The zero-order valence-corrected chi connectivity index (χ0v) is 31.8. The number of carbonyl (C=O) groups is 1. The quantitative estimate of drug-likeness (QED) is 0.0378. The fourth-order valence-electron chi connectivity index (χ4n) is 6.36. The molecule has 0 amide bonds. The van der Waals surface area contributed by atoms with Gasteiger partial charge in [0.15, 0.2) is 0 Å². The summed E-state index contributed by atoms with van der Waals surface area (Å²) in [6.45, 7) is 5.20. The average molecular weight is 645 g/mol. The Hall–Kier alpha value is -1.05. The Morgan fingerprint density at radius 3 is 0.935 bits per heavy atom. The van der Waals surface area contributed by atoms with E-state index in [4.69, 9.17) is 4.74 Å². The predicted molar refractivity (Wildman–Crippen MR) is 207 cm³/mol. The molecule has 0 aromatic rings. The van der Waals surface area contributed by atoms with Crippen molar-refractivity contribution in [3.05, 3.63) is 24.3 Å². The summed E-state index contributed by atoms with van der Waals surface area (Å²) in [5, 5.41) is 0. The van der Waals surface area contributed by atoms with Crippen LogP contribution in [-0.4, -0.2) is 12.6 Å². The third kappa shape index (κ3) is 41.0. The van der Waals surface area contributed by atoms with E-state index in [1.807, 2.05) is 0 Å². The third-order valence-electron chi connectivity index (χ3n) is 9.56. The van der Waals surface area contributed by atoms with E-state index in [0.29, 0.717) is 13.0 Å². The Morgan fingerprint density at radius 1 is 0.348 bits per heavy atom. The molecule has 272 valence electrons. The molecule has 46 heavy (non-hydrogen) atoms. The molecule has 0 aliphatic rings. The molecular weight excluding hydrogens is 560 g/mol. The fourth-order valence-corrected chi connectivity index (χ4v) is 6.36. The maximum absolute atomic E-state index is 12.0. The maximum atomic E-state index is 12.0. The van der Waals surface area contributed by atoms with E-state index in [2.05, 4.69) is 38.2 Å². The topological polar surface area (TPSA) is 26.3 Å². The summed E-state index contributed by atoms with van der Waals surface area (Å²) >= 11 is 0. The SMILES string of the molecule is CCCCCCCCC=CCCCCCCCCCCCC(=O)OCCCCCCCCCCCC/C=C/CCCCCCCC. The smallest absolute Gasteiger partial charge is 0.305 e. The second kappa shape index (κ2) is 42.0. The van der Waals surface area contributed by atoms with Gasteiger partial charge in [-0.1, -0.05) is 199 Å². The summed E-state index contributed by atoms with van der Waals surface area (Å²) in [6.07, 6.45) is 57.0. The normalized spacial score (nSPS) is 11.8. The van der Waals surface area contributed by atoms with Gasteiger partial charge in [0.1, 0.15) is 0 Å². The first-order valence-corrected chi connectivity index (χ1v) is 21.3. The van der Waals surface area contributed by atoms with Gasteiger partial charge in [-0.3, -0.25) is 4.79 Å². The molecule has 0 atom stereocenters. The van der Waals surface area contributed by atoms with Crippen LogP contribution in [0.4, 0.5) is 0 Å². The van der Waals surface area contributed by atoms with Crippen LogP contribution in [0, 0.1) is 0 Å². The molecule has 0 spiro atoms. The number of allylic oxidation sites excluding steroid dienone is 4. The minimum Gasteiger partial charge on any atom is -0.466 e. The predicted octanol–water partition coefficient (Wildman–Crippen LogP) is 15.7. The van der Waals surface area contributed by atoms with Gasteiger partial charge in [-0.2, -0.15) is 0 Å². The zero-order chi connectivity index (χ0) is 33.3. The standard InChI is InChI=1S/C44H84O2/c1-3-5-7-9-11-13-15-17-19-21-23-25-27-29-31-33-35-37-39-41-43-46-44(45)42-40-38-36-34-32-30-28-26-24-22-20-18-16-14-12-10-8-6-4-2/h17-20H,3-16,21-43H2,1-2H3/b19-17+,20-18?. The van der Waals surface area contributed by atoms with Crippen LogP contribution in [0.1, 0.15) is 245 Å². The Bertz CT molecular complexity index is 621. The molecule has 2 nitrogen and oxygen atoms in total. The molecule has 0 bridgehead atoms. The molecule has 0 rings (SSSR count). The minimum absolute atomic E-state index is 0.0225. The second-order valence-corrected chi connectivity index (χ2v) is 14.3. The van der Waals surface area contributed by atoms with Crippen molar-refractivity contribution >= 4 is 5.97 Å². The van der Waals surface area contributed by atoms with Crippen molar-refractivity contribution in [1.82, 2.24) is 0 Å². The van der Waals surface area contributed by atoms with Crippen LogP contribution in [0.25, 0.3) is 0 Å². The van der Waals surface area contributed by atoms with Crippen LogP contribution in [0.3, 0.4) is 0 Å². The van der Waals surface area contributed by atoms with Crippen LogP contribution >= 0.6 is 0 Å². The highest BCUT2D eigenvalue weighted by molar-refractivity contribution is 5.69. The molecule has 2 heteroatoms. The van der Waals surface area contributed by atoms with Gasteiger partial charge >= 0.3 is 5.97 Å². The van der Waals surface area contributed by atoms with Crippen molar-refractivity contribution in [2.45, 2.75) is 245 Å². The molecule has 0 saturated heterocycles. The number of hydrogen-bond acceptors (Lipinski definition) is 2. The molecule has 0 aromatic carbocycles. The summed E-state index contributed by atoms with van der Waals surface area (Å²) in [7, 11) is 0. The molecular formula is C44H84O2. The first kappa shape index (κ1) is 45.0. The number of unbranched alkanes of at least 4 members (excludes halogenated alkanes) is 31. The lowest BCUT2D eigenvalue weighted by molar-refractivity contribution is -0.143. The molecule has 0 fully saturated rings. The van der Waals surface area contributed by atoms with Crippen molar-refractivity contribution in [3.8, 4) is 0 Å². The van der Waals surface area contributed by atoms with E-state index < -0.39 is 0 Å². The van der Waals surface area contributed by atoms with Gasteiger partial charge in [0.25, 0.3) is 0 Å². The van der Waals surface area contributed by atoms with E-state index in [1.165, 1.54) is 212 Å². The lowest BCUT2D eigenvalue weighted by Crippen LogP contribution is -2.05. The fraction of sp³-hybridized carbons (Fsp3) is 0.886. The third-order valence-corrected chi connectivity index (χ3v) is 9.56. The molecule has 0 radical (unpaired) electrons. The van der Waals surface area contributed by atoms with E-state index in [-0.39, 0.29) is 5.97 Å². The van der Waals surface area contributed by atoms with Gasteiger partial charge in [-0.05, 0) is 64.2 Å². The average Bonchev–Trinajstić information content (AvgIpc) is 3.06. The number of carbonyl (C=O) groups excluding carboxylic acids is 1. The molecule has 0 aromatic heterocycles. The van der Waals surface area contributed by atoms with E-state index in [0.717, 1.165) is 12.8 Å². The number of esters is 1. The summed E-state index contributed by atoms with van der Waals surface area (Å²) in [5.74, 6) is 0.0225. The number of ether oxygens (including phenoxy) is 1. The van der Waals surface area contributed by atoms with Gasteiger partial charge in [0.2, 0.25) is 0 Å². The van der Waals surface area contributed by atoms with Crippen LogP contribution in [-0.2, 0) is 9.53 Å². The van der Waals surface area contributed by atoms with Gasteiger partial charge in [-0.15, -0.1) is 0 Å². The Labute approximate surface area is 290 Å². The Kier molecular flexibility index (Phi) is 41.0. The van der Waals surface area contributed by atoms with Crippen molar-refractivity contribution in [2.24, 2.45) is 0 Å². The van der Waals surface area contributed by atoms with Crippen LogP contribution in [0.5, 0.6) is 0 Å². The van der Waals surface area contributed by atoms with Gasteiger partial charge in [0, 0.05) is 6.42 Å². The van der Waals surface area contributed by atoms with Crippen LogP contribution in [0.2, 0.25) is 0 Å². The van der Waals surface area contributed by atoms with Gasteiger partial charge < -0.3 is 4.74 Å². The summed E-state index contributed by atoms with van der Waals surface area (Å²) in [6, 6.07) is 0. The monoisotopic (exact) mass is 645 g/mol. The molecule has 0 unspecified atom stereocenters. The highest BCUT2D eigenvalue weighted by Gasteiger charge is 2.03. The van der Waals surface area contributed by atoms with E-state index in [1.54, 1.807) is 0 Å². The molecule has 0 aliphatic carbocycles. The van der Waals surface area contributed by atoms with E-state index >= 15 is 0 Å². The lowest BCUT2D eigenvalue weighted by atomic mass is 10.1. The maximum Gasteiger partial charge on any atom is 0.305 e. The molecule has 0 aliphatic heterocycles. The molecule has 0 heterocycles. The van der Waals surface area contributed by atoms with Crippen molar-refractivity contribution in [2.75, 3.05) is 6.61 Å². The Morgan fingerprint density at radius 2 is 0.609 bits per heavy atom. The van der Waals surface area contributed by atoms with Crippen LogP contribution < -0.4 is 0 Å². The first-order chi connectivity index (χ1) is 22.8. The highest BCUT2D eigenvalue weighted by Crippen LogP contribution is 2.14. The molecule has 0 N–H and O–H groups in total.